The topological polar surface area (TPSA) is 88.5 Å². The highest BCUT2D eigenvalue weighted by atomic mass is 16.1. The summed E-state index contributed by atoms with van der Waals surface area (Å²) in [5, 5.41) is 8.73. The molecule has 0 saturated carbocycles. The Kier molecular flexibility index (Phi) is 2.44. The molecule has 0 unspecified atom stereocenters. The molecule has 0 fully saturated rings. The van der Waals surface area contributed by atoms with Gasteiger partial charge in [-0.3, -0.25) is 10.1 Å². The number of imidazole rings is 1. The number of aromatic nitrogens is 5. The number of hydrogen-bond acceptors (Lipinski definition) is 4. The molecule has 0 saturated heterocycles. The molecular formula is C8H10N6O. The van der Waals surface area contributed by atoms with Crippen molar-refractivity contribution < 1.29 is 4.79 Å². The van der Waals surface area contributed by atoms with Crippen LogP contribution in [0, 0.1) is 0 Å². The van der Waals surface area contributed by atoms with Gasteiger partial charge in [-0.1, -0.05) is 0 Å². The average molecular weight is 206 g/mol. The third-order valence-corrected chi connectivity index (χ3v) is 1.91. The van der Waals surface area contributed by atoms with Gasteiger partial charge in [0, 0.05) is 19.4 Å². The lowest BCUT2D eigenvalue weighted by atomic mass is 10.4. The van der Waals surface area contributed by atoms with Crippen molar-refractivity contribution >= 4 is 11.9 Å². The van der Waals surface area contributed by atoms with E-state index < -0.39 is 0 Å². The van der Waals surface area contributed by atoms with Gasteiger partial charge in [0.1, 0.15) is 12.2 Å². The van der Waals surface area contributed by atoms with Crippen molar-refractivity contribution in [2.45, 2.75) is 6.42 Å². The van der Waals surface area contributed by atoms with E-state index in [9.17, 15) is 4.79 Å². The van der Waals surface area contributed by atoms with Crippen molar-refractivity contribution in [2.75, 3.05) is 5.32 Å². The van der Waals surface area contributed by atoms with E-state index >= 15 is 0 Å². The predicted molar refractivity (Wildman–Crippen MR) is 51.9 cm³/mol. The van der Waals surface area contributed by atoms with Crippen LogP contribution >= 0.6 is 0 Å². The summed E-state index contributed by atoms with van der Waals surface area (Å²) in [6, 6.07) is 0. The standard InChI is InChI=1S/C8H10N6O/c1-14-3-2-9-6(14)4-7(15)12-8-10-5-11-13-8/h2-3,5H,4H2,1H3,(H2,10,11,12,13,15). The molecule has 0 aliphatic carbocycles. The monoisotopic (exact) mass is 206 g/mol. The van der Waals surface area contributed by atoms with Gasteiger partial charge in [-0.05, 0) is 0 Å². The molecule has 0 aliphatic heterocycles. The fourth-order valence-corrected chi connectivity index (χ4v) is 1.15. The van der Waals surface area contributed by atoms with Gasteiger partial charge in [0.15, 0.2) is 0 Å². The molecule has 0 spiro atoms. The molecule has 2 N–H and O–H groups in total. The highest BCUT2D eigenvalue weighted by Gasteiger charge is 2.08. The van der Waals surface area contributed by atoms with E-state index in [-0.39, 0.29) is 12.3 Å². The Balaban J connectivity index is 1.96. The van der Waals surface area contributed by atoms with Crippen LogP contribution in [0.3, 0.4) is 0 Å². The van der Waals surface area contributed by atoms with Crippen LogP contribution in [0.5, 0.6) is 0 Å². The summed E-state index contributed by atoms with van der Waals surface area (Å²) in [5.41, 5.74) is 0. The predicted octanol–water partition coefficient (Wildman–Crippen LogP) is -0.281. The minimum absolute atomic E-state index is 0.180. The Hall–Kier alpha value is -2.18. The summed E-state index contributed by atoms with van der Waals surface area (Å²) in [7, 11) is 1.84. The lowest BCUT2D eigenvalue weighted by Gasteiger charge is -2.01. The molecule has 0 atom stereocenters. The van der Waals surface area contributed by atoms with Crippen LogP contribution in [0.25, 0.3) is 0 Å². The number of aromatic amines is 1. The number of anilines is 1. The number of carbonyl (C=O) groups excluding carboxylic acids is 1. The number of rotatable bonds is 3. The zero-order chi connectivity index (χ0) is 10.7. The van der Waals surface area contributed by atoms with Crippen LogP contribution in [0.15, 0.2) is 18.7 Å². The van der Waals surface area contributed by atoms with Crippen LogP contribution in [0.1, 0.15) is 5.82 Å². The fraction of sp³-hybridized carbons (Fsp3) is 0.250. The van der Waals surface area contributed by atoms with E-state index in [1.54, 1.807) is 17.0 Å². The first-order valence-corrected chi connectivity index (χ1v) is 4.37. The first-order valence-electron chi connectivity index (χ1n) is 4.37. The number of aryl methyl sites for hydroxylation is 1. The third-order valence-electron chi connectivity index (χ3n) is 1.91. The van der Waals surface area contributed by atoms with Crippen LogP contribution in [0.4, 0.5) is 5.95 Å². The first-order chi connectivity index (χ1) is 7.25. The number of nitrogens with zero attached hydrogens (tertiary/aromatic N) is 4. The molecule has 0 aromatic carbocycles. The minimum atomic E-state index is -0.180. The van der Waals surface area contributed by atoms with Gasteiger partial charge in [0.2, 0.25) is 11.9 Å². The second kappa shape index (κ2) is 3.91. The maximum atomic E-state index is 11.5. The summed E-state index contributed by atoms with van der Waals surface area (Å²) in [5.74, 6) is 0.863. The summed E-state index contributed by atoms with van der Waals surface area (Å²) >= 11 is 0. The van der Waals surface area contributed by atoms with Crippen molar-refractivity contribution in [3.63, 3.8) is 0 Å². The quantitative estimate of drug-likeness (QED) is 0.722. The molecule has 1 amide bonds. The fourth-order valence-electron chi connectivity index (χ4n) is 1.15. The molecule has 7 heteroatoms. The second-order valence-electron chi connectivity index (χ2n) is 3.01. The molecule has 78 valence electrons. The lowest BCUT2D eigenvalue weighted by molar-refractivity contribution is -0.115. The molecule has 2 heterocycles. The Morgan fingerprint density at radius 1 is 1.60 bits per heavy atom. The largest absolute Gasteiger partial charge is 0.338 e. The molecule has 0 aliphatic rings. The maximum Gasteiger partial charge on any atom is 0.234 e. The van der Waals surface area contributed by atoms with E-state index in [2.05, 4.69) is 25.5 Å². The third kappa shape index (κ3) is 2.19. The normalized spacial score (nSPS) is 10.2. The lowest BCUT2D eigenvalue weighted by Crippen LogP contribution is -2.17. The van der Waals surface area contributed by atoms with Crippen molar-refractivity contribution in [1.29, 1.82) is 0 Å². The number of carbonyl (C=O) groups is 1. The van der Waals surface area contributed by atoms with Crippen LogP contribution in [-0.4, -0.2) is 30.6 Å². The zero-order valence-electron chi connectivity index (χ0n) is 8.14. The Labute approximate surface area is 85.6 Å². The van der Waals surface area contributed by atoms with Gasteiger partial charge < -0.3 is 4.57 Å². The van der Waals surface area contributed by atoms with E-state index in [0.29, 0.717) is 11.8 Å². The first kappa shape index (κ1) is 9.38. The van der Waals surface area contributed by atoms with E-state index in [4.69, 9.17) is 0 Å². The molecule has 2 aromatic heterocycles. The molecule has 2 aromatic rings. The van der Waals surface area contributed by atoms with Crippen LogP contribution in [0.2, 0.25) is 0 Å². The van der Waals surface area contributed by atoms with Crippen molar-refractivity contribution in [1.82, 2.24) is 24.7 Å². The van der Waals surface area contributed by atoms with Gasteiger partial charge in [-0.15, -0.1) is 0 Å². The zero-order valence-corrected chi connectivity index (χ0v) is 8.14. The van der Waals surface area contributed by atoms with Crippen LogP contribution in [-0.2, 0) is 18.3 Å². The van der Waals surface area contributed by atoms with Gasteiger partial charge in [-0.25, -0.2) is 10.1 Å². The minimum Gasteiger partial charge on any atom is -0.338 e. The molecule has 15 heavy (non-hydrogen) atoms. The van der Waals surface area contributed by atoms with Crippen molar-refractivity contribution in [3.05, 3.63) is 24.5 Å². The van der Waals surface area contributed by atoms with Gasteiger partial charge >= 0.3 is 0 Å². The maximum absolute atomic E-state index is 11.5. The second-order valence-corrected chi connectivity index (χ2v) is 3.01. The van der Waals surface area contributed by atoms with Gasteiger partial charge in [0.05, 0.1) is 6.42 Å². The number of hydrogen-bond donors (Lipinski definition) is 2. The smallest absolute Gasteiger partial charge is 0.234 e. The molecule has 2 rings (SSSR count). The molecule has 7 nitrogen and oxygen atoms in total. The van der Waals surface area contributed by atoms with E-state index in [1.807, 2.05) is 7.05 Å². The highest BCUT2D eigenvalue weighted by Crippen LogP contribution is 1.98. The number of amides is 1. The summed E-state index contributed by atoms with van der Waals surface area (Å²) in [6.07, 6.45) is 4.98. The molecule has 0 radical (unpaired) electrons. The Bertz CT molecular complexity index is 445. The Morgan fingerprint density at radius 3 is 3.07 bits per heavy atom. The van der Waals surface area contributed by atoms with Crippen LogP contribution < -0.4 is 5.32 Å². The van der Waals surface area contributed by atoms with E-state index in [0.717, 1.165) is 0 Å². The molecular weight excluding hydrogens is 196 g/mol. The van der Waals surface area contributed by atoms with Gasteiger partial charge in [0.25, 0.3) is 0 Å². The summed E-state index contributed by atoms with van der Waals surface area (Å²) in [4.78, 5) is 19.3. The molecule has 0 bridgehead atoms. The van der Waals surface area contributed by atoms with E-state index in [1.165, 1.54) is 6.33 Å². The van der Waals surface area contributed by atoms with Crippen molar-refractivity contribution in [2.24, 2.45) is 7.05 Å². The SMILES string of the molecule is Cn1ccnc1CC(=O)Nc1ncn[nH]1. The summed E-state index contributed by atoms with van der Waals surface area (Å²) in [6.45, 7) is 0. The summed E-state index contributed by atoms with van der Waals surface area (Å²) < 4.78 is 1.79. The average Bonchev–Trinajstić information content (AvgIpc) is 2.79. The highest BCUT2D eigenvalue weighted by molar-refractivity contribution is 5.90. The van der Waals surface area contributed by atoms with Gasteiger partial charge in [-0.2, -0.15) is 10.1 Å². The Morgan fingerprint density at radius 2 is 2.47 bits per heavy atom. The number of H-pyrrole nitrogens is 1. The number of nitrogens with one attached hydrogen (secondary N) is 2. The van der Waals surface area contributed by atoms with Crippen molar-refractivity contribution in [3.8, 4) is 0 Å².